The van der Waals surface area contributed by atoms with E-state index in [2.05, 4.69) is 4.99 Å². The average molecular weight is 318 g/mol. The Hall–Kier alpha value is -1.19. The van der Waals surface area contributed by atoms with Crippen molar-refractivity contribution in [2.75, 3.05) is 5.75 Å². The fourth-order valence-corrected chi connectivity index (χ4v) is 3.97. The molecule has 2 N–H and O–H groups in total. The van der Waals surface area contributed by atoms with Crippen LogP contribution in [0.1, 0.15) is 24.3 Å². The molecule has 2 heterocycles. The van der Waals surface area contributed by atoms with Crippen molar-refractivity contribution >= 4 is 52.2 Å². The summed E-state index contributed by atoms with van der Waals surface area (Å²) in [5.41, 5.74) is 0. The number of hydrogen-bond donors (Lipinski definition) is 2. The fourth-order valence-electron chi connectivity index (χ4n) is 1.68. The molecule has 0 aromatic carbocycles. The van der Waals surface area contributed by atoms with Crippen LogP contribution in [0.3, 0.4) is 0 Å². The van der Waals surface area contributed by atoms with Crippen molar-refractivity contribution < 1.29 is 19.8 Å². The van der Waals surface area contributed by atoms with E-state index in [1.54, 1.807) is 6.92 Å². The molecule has 1 unspecified atom stereocenters. The Bertz CT molecular complexity index is 631. The zero-order valence-corrected chi connectivity index (χ0v) is 12.3. The van der Waals surface area contributed by atoms with E-state index in [4.69, 9.17) is 17.3 Å². The first-order valence-electron chi connectivity index (χ1n) is 5.37. The van der Waals surface area contributed by atoms with Crippen LogP contribution < -0.4 is 0 Å². The van der Waals surface area contributed by atoms with Gasteiger partial charge in [0.05, 0.1) is 5.75 Å². The second kappa shape index (κ2) is 5.43. The summed E-state index contributed by atoms with van der Waals surface area (Å²) >= 11 is 7.37. The zero-order chi connectivity index (χ0) is 14.2. The van der Waals surface area contributed by atoms with Crippen molar-refractivity contribution in [1.29, 1.82) is 0 Å². The number of aromatic hydroxyl groups is 1. The number of carboxylic acids is 1. The number of aliphatic imine (C=N–C) groups is 1. The van der Waals surface area contributed by atoms with Crippen molar-refractivity contribution in [3.05, 3.63) is 8.83 Å². The SMILES string of the molecule is CCC(C(=O)O)n1c(O)c(C2=NC(=O)CS2)sc1=S. The van der Waals surface area contributed by atoms with E-state index in [0.717, 1.165) is 11.3 Å². The minimum absolute atomic E-state index is 0.231. The predicted molar refractivity (Wildman–Crippen MR) is 75.8 cm³/mol. The van der Waals surface area contributed by atoms with Crippen LogP contribution in [0.5, 0.6) is 5.88 Å². The number of rotatable bonds is 4. The highest BCUT2D eigenvalue weighted by Crippen LogP contribution is 2.35. The third-order valence-electron chi connectivity index (χ3n) is 2.55. The molecule has 1 amide bonds. The summed E-state index contributed by atoms with van der Waals surface area (Å²) in [6, 6.07) is -0.916. The minimum atomic E-state index is -1.06. The Morgan fingerprint density at radius 2 is 2.32 bits per heavy atom. The van der Waals surface area contributed by atoms with Crippen LogP contribution in [0.15, 0.2) is 4.99 Å². The molecule has 0 spiro atoms. The van der Waals surface area contributed by atoms with Crippen molar-refractivity contribution in [2.45, 2.75) is 19.4 Å². The molecular weight excluding hydrogens is 308 g/mol. The third-order valence-corrected chi connectivity index (χ3v) is 5.04. The molecule has 1 aromatic heterocycles. The van der Waals surface area contributed by atoms with E-state index in [9.17, 15) is 14.7 Å². The summed E-state index contributed by atoms with van der Waals surface area (Å²) in [7, 11) is 0. The second-order valence-corrected chi connectivity index (χ2v) is 6.36. The van der Waals surface area contributed by atoms with Crippen LogP contribution in [0.2, 0.25) is 0 Å². The van der Waals surface area contributed by atoms with Crippen LogP contribution >= 0.6 is 35.3 Å². The van der Waals surface area contributed by atoms with Gasteiger partial charge in [-0.05, 0) is 18.6 Å². The first-order chi connectivity index (χ1) is 8.95. The lowest BCUT2D eigenvalue weighted by atomic mass is 10.2. The van der Waals surface area contributed by atoms with E-state index in [0.29, 0.717) is 16.3 Å². The summed E-state index contributed by atoms with van der Waals surface area (Å²) in [5, 5.41) is 19.7. The normalized spacial score (nSPS) is 16.5. The van der Waals surface area contributed by atoms with Crippen LogP contribution in [-0.4, -0.2) is 37.5 Å². The number of aromatic nitrogens is 1. The summed E-state index contributed by atoms with van der Waals surface area (Å²) in [4.78, 5) is 26.4. The lowest BCUT2D eigenvalue weighted by Crippen LogP contribution is -2.18. The number of carbonyl (C=O) groups excluding carboxylic acids is 1. The smallest absolute Gasteiger partial charge is 0.326 e. The highest BCUT2D eigenvalue weighted by atomic mass is 32.2. The standard InChI is InChI=1S/C10H10N2O4S3/c1-2-4(9(15)16)12-8(14)6(19-10(12)17)7-11-5(13)3-18-7/h4,14H,2-3H2,1H3,(H,15,16). The Morgan fingerprint density at radius 3 is 2.79 bits per heavy atom. The van der Waals surface area contributed by atoms with Gasteiger partial charge in [0.1, 0.15) is 16.0 Å². The summed E-state index contributed by atoms with van der Waals surface area (Å²) in [6.07, 6.45) is 0.298. The second-order valence-electron chi connectivity index (χ2n) is 3.75. The van der Waals surface area contributed by atoms with Crippen molar-refractivity contribution in [2.24, 2.45) is 4.99 Å². The van der Waals surface area contributed by atoms with Gasteiger partial charge in [-0.2, -0.15) is 0 Å². The summed E-state index contributed by atoms with van der Waals surface area (Å²) in [5.74, 6) is -1.33. The monoisotopic (exact) mass is 318 g/mol. The van der Waals surface area contributed by atoms with Gasteiger partial charge in [-0.3, -0.25) is 9.36 Å². The largest absolute Gasteiger partial charge is 0.493 e. The van der Waals surface area contributed by atoms with Crippen LogP contribution in [0.25, 0.3) is 0 Å². The van der Waals surface area contributed by atoms with Crippen LogP contribution in [0.4, 0.5) is 0 Å². The van der Waals surface area contributed by atoms with Gasteiger partial charge in [0.2, 0.25) is 5.88 Å². The Balaban J connectivity index is 2.52. The molecule has 2 rings (SSSR count). The Kier molecular flexibility index (Phi) is 4.07. The van der Waals surface area contributed by atoms with E-state index in [1.807, 2.05) is 0 Å². The van der Waals surface area contributed by atoms with Crippen LogP contribution in [-0.2, 0) is 9.59 Å². The van der Waals surface area contributed by atoms with Gasteiger partial charge < -0.3 is 10.2 Å². The molecule has 9 heteroatoms. The molecule has 0 saturated heterocycles. The number of hydrogen-bond acceptors (Lipinski definition) is 6. The van der Waals surface area contributed by atoms with Gasteiger partial charge in [-0.1, -0.05) is 30.0 Å². The van der Waals surface area contributed by atoms with Gasteiger partial charge >= 0.3 is 5.97 Å². The molecule has 0 radical (unpaired) electrons. The molecule has 0 aliphatic carbocycles. The maximum atomic E-state index is 11.2. The molecule has 1 aliphatic rings. The van der Waals surface area contributed by atoms with Crippen molar-refractivity contribution in [3.63, 3.8) is 0 Å². The number of aliphatic carboxylic acids is 1. The topological polar surface area (TPSA) is 91.9 Å². The molecule has 0 bridgehead atoms. The van der Waals surface area contributed by atoms with Gasteiger partial charge in [0.25, 0.3) is 5.91 Å². The molecule has 19 heavy (non-hydrogen) atoms. The lowest BCUT2D eigenvalue weighted by molar-refractivity contribution is -0.141. The molecule has 6 nitrogen and oxygen atoms in total. The van der Waals surface area contributed by atoms with Gasteiger partial charge in [0.15, 0.2) is 3.95 Å². The predicted octanol–water partition coefficient (Wildman–Crippen LogP) is 2.04. The molecule has 0 saturated carbocycles. The third kappa shape index (κ3) is 2.58. The van der Waals surface area contributed by atoms with E-state index in [-0.39, 0.29) is 21.5 Å². The molecular formula is C10H10N2O4S3. The maximum Gasteiger partial charge on any atom is 0.326 e. The zero-order valence-electron chi connectivity index (χ0n) is 9.82. The summed E-state index contributed by atoms with van der Waals surface area (Å²) < 4.78 is 1.45. The van der Waals surface area contributed by atoms with E-state index in [1.165, 1.54) is 16.3 Å². The molecule has 102 valence electrons. The first kappa shape index (κ1) is 14.2. The number of thioether (sulfide) groups is 1. The highest BCUT2D eigenvalue weighted by Gasteiger charge is 2.28. The molecule has 1 aliphatic heterocycles. The average Bonchev–Trinajstić information content (AvgIpc) is 2.87. The highest BCUT2D eigenvalue weighted by molar-refractivity contribution is 8.15. The van der Waals surface area contributed by atoms with Gasteiger partial charge in [-0.15, -0.1) is 0 Å². The first-order valence-corrected chi connectivity index (χ1v) is 7.58. The molecule has 1 atom stereocenters. The minimum Gasteiger partial charge on any atom is -0.493 e. The number of amides is 1. The Morgan fingerprint density at radius 1 is 1.63 bits per heavy atom. The molecule has 0 fully saturated rings. The number of carboxylic acid groups (broad SMARTS) is 1. The summed E-state index contributed by atoms with van der Waals surface area (Å²) in [6.45, 7) is 1.70. The maximum absolute atomic E-state index is 11.2. The van der Waals surface area contributed by atoms with E-state index >= 15 is 0 Å². The Labute approximate surface area is 121 Å². The molecule has 1 aromatic rings. The van der Waals surface area contributed by atoms with Crippen molar-refractivity contribution in [3.8, 4) is 5.88 Å². The number of nitrogens with zero attached hydrogens (tertiary/aromatic N) is 2. The fraction of sp³-hybridized carbons (Fsp3) is 0.400. The van der Waals surface area contributed by atoms with Gasteiger partial charge in [0, 0.05) is 0 Å². The van der Waals surface area contributed by atoms with Crippen LogP contribution in [0, 0.1) is 3.95 Å². The number of thiazole rings is 1. The van der Waals surface area contributed by atoms with Gasteiger partial charge in [-0.25, -0.2) is 9.79 Å². The number of carbonyl (C=O) groups is 2. The lowest BCUT2D eigenvalue weighted by Gasteiger charge is -2.12. The quantitative estimate of drug-likeness (QED) is 0.825. The van der Waals surface area contributed by atoms with E-state index < -0.39 is 12.0 Å². The van der Waals surface area contributed by atoms with Crippen molar-refractivity contribution in [1.82, 2.24) is 4.57 Å².